The van der Waals surface area contributed by atoms with E-state index in [1.54, 1.807) is 0 Å². The van der Waals surface area contributed by atoms with Gasteiger partial charge in [0.15, 0.2) is 0 Å². The van der Waals surface area contributed by atoms with Crippen molar-refractivity contribution in [3.63, 3.8) is 0 Å². The summed E-state index contributed by atoms with van der Waals surface area (Å²) in [5, 5.41) is 0. The number of nitrogens with two attached hydrogens (primary N) is 1. The number of hydrogen-bond acceptors (Lipinski definition) is 4. The van der Waals surface area contributed by atoms with Gasteiger partial charge in [0.1, 0.15) is 0 Å². The number of rotatable bonds is 2. The first-order valence-corrected chi connectivity index (χ1v) is 9.05. The van der Waals surface area contributed by atoms with Crippen molar-refractivity contribution in [3.05, 3.63) is 0 Å². The molecule has 2 N–H and O–H groups in total. The molecule has 0 bridgehead atoms. The molecule has 0 aromatic heterocycles. The predicted molar refractivity (Wildman–Crippen MR) is 81.6 cm³/mol. The molecule has 3 nitrogen and oxygen atoms in total. The summed E-state index contributed by atoms with van der Waals surface area (Å²) >= 11 is 2.09. The quantitative estimate of drug-likeness (QED) is 0.843. The lowest BCUT2D eigenvalue weighted by Gasteiger charge is -2.46. The van der Waals surface area contributed by atoms with Gasteiger partial charge >= 0.3 is 0 Å². The Labute approximate surface area is 121 Å². The lowest BCUT2D eigenvalue weighted by atomic mass is 9.84. The van der Waals surface area contributed by atoms with Gasteiger partial charge in [-0.05, 0) is 63.0 Å². The van der Waals surface area contributed by atoms with E-state index in [0.29, 0.717) is 6.04 Å². The molecule has 0 aliphatic carbocycles. The highest BCUT2D eigenvalue weighted by Crippen LogP contribution is 2.40. The molecule has 3 rings (SSSR count). The minimum Gasteiger partial charge on any atom is -0.375 e. The maximum Gasteiger partial charge on any atom is 0.0713 e. The van der Waals surface area contributed by atoms with Gasteiger partial charge in [0.2, 0.25) is 0 Å². The zero-order valence-electron chi connectivity index (χ0n) is 12.1. The highest BCUT2D eigenvalue weighted by Gasteiger charge is 2.43. The van der Waals surface area contributed by atoms with E-state index in [0.717, 1.165) is 25.1 Å². The lowest BCUT2D eigenvalue weighted by molar-refractivity contribution is -0.111. The highest BCUT2D eigenvalue weighted by atomic mass is 32.2. The summed E-state index contributed by atoms with van der Waals surface area (Å²) in [6.45, 7) is 5.42. The van der Waals surface area contributed by atoms with E-state index in [9.17, 15) is 0 Å². The summed E-state index contributed by atoms with van der Waals surface area (Å²) in [7, 11) is 0. The Hall–Kier alpha value is 0.230. The summed E-state index contributed by atoms with van der Waals surface area (Å²) in [4.78, 5) is 2.74. The van der Waals surface area contributed by atoms with Crippen molar-refractivity contribution in [2.24, 2.45) is 11.7 Å². The van der Waals surface area contributed by atoms with Crippen LogP contribution >= 0.6 is 11.8 Å². The van der Waals surface area contributed by atoms with Crippen molar-refractivity contribution in [3.8, 4) is 0 Å². The molecule has 0 saturated carbocycles. The molecular weight excluding hydrogens is 256 g/mol. The van der Waals surface area contributed by atoms with E-state index < -0.39 is 0 Å². The number of hydrogen-bond donors (Lipinski definition) is 1. The molecule has 3 unspecified atom stereocenters. The van der Waals surface area contributed by atoms with Gasteiger partial charge in [-0.1, -0.05) is 0 Å². The first kappa shape index (κ1) is 14.2. The van der Waals surface area contributed by atoms with E-state index in [-0.39, 0.29) is 5.60 Å². The minimum absolute atomic E-state index is 0.217. The zero-order chi connectivity index (χ0) is 13.3. The second-order valence-corrected chi connectivity index (χ2v) is 7.90. The molecule has 0 aromatic carbocycles. The molecule has 3 aliphatic heterocycles. The summed E-state index contributed by atoms with van der Waals surface area (Å²) < 4.78 is 6.22. The predicted octanol–water partition coefficient (Wildman–Crippen LogP) is 2.10. The van der Waals surface area contributed by atoms with Crippen molar-refractivity contribution >= 4 is 11.8 Å². The van der Waals surface area contributed by atoms with Crippen LogP contribution in [0.3, 0.4) is 0 Å². The van der Waals surface area contributed by atoms with Gasteiger partial charge < -0.3 is 10.5 Å². The first-order chi connectivity index (χ1) is 9.22. The summed E-state index contributed by atoms with van der Waals surface area (Å²) in [6, 6.07) is 1.45. The molecule has 3 fully saturated rings. The van der Waals surface area contributed by atoms with Gasteiger partial charge in [-0.25, -0.2) is 0 Å². The smallest absolute Gasteiger partial charge is 0.0713 e. The fourth-order valence-electron chi connectivity index (χ4n) is 4.23. The number of ether oxygens (including phenoxy) is 1. The Kier molecular flexibility index (Phi) is 4.42. The molecule has 4 heteroatoms. The third-order valence-electron chi connectivity index (χ3n) is 5.38. The van der Waals surface area contributed by atoms with E-state index in [2.05, 4.69) is 23.6 Å². The van der Waals surface area contributed by atoms with Crippen LogP contribution in [0.15, 0.2) is 0 Å². The van der Waals surface area contributed by atoms with E-state index in [1.165, 1.54) is 50.2 Å². The van der Waals surface area contributed by atoms with Gasteiger partial charge in [-0.15, -0.1) is 0 Å². The summed E-state index contributed by atoms with van der Waals surface area (Å²) in [5.41, 5.74) is 6.09. The van der Waals surface area contributed by atoms with Crippen molar-refractivity contribution in [1.82, 2.24) is 4.90 Å². The molecule has 3 heterocycles. The molecule has 3 atom stereocenters. The Morgan fingerprint density at radius 3 is 2.84 bits per heavy atom. The summed E-state index contributed by atoms with van der Waals surface area (Å²) in [6.07, 6.45) is 6.29. The third kappa shape index (κ3) is 2.97. The summed E-state index contributed by atoms with van der Waals surface area (Å²) in [5.74, 6) is 3.29. The Bertz CT molecular complexity index is 301. The van der Waals surface area contributed by atoms with Gasteiger partial charge in [-0.3, -0.25) is 4.90 Å². The van der Waals surface area contributed by atoms with E-state index in [4.69, 9.17) is 10.5 Å². The average Bonchev–Trinajstić information content (AvgIpc) is 2.81. The molecule has 3 aliphatic rings. The highest BCUT2D eigenvalue weighted by molar-refractivity contribution is 7.99. The molecule has 0 aromatic rings. The van der Waals surface area contributed by atoms with Gasteiger partial charge in [-0.2, -0.15) is 11.8 Å². The van der Waals surface area contributed by atoms with Crippen LogP contribution in [0.1, 0.15) is 39.0 Å². The molecule has 1 spiro atoms. The van der Waals surface area contributed by atoms with E-state index >= 15 is 0 Å². The van der Waals surface area contributed by atoms with Crippen LogP contribution in [-0.2, 0) is 4.74 Å². The second kappa shape index (κ2) is 5.92. The Morgan fingerprint density at radius 1 is 1.37 bits per heavy atom. The third-order valence-corrected chi connectivity index (χ3v) is 6.37. The normalized spacial score (nSPS) is 39.8. The van der Waals surface area contributed by atoms with Gasteiger partial charge in [0, 0.05) is 25.2 Å². The van der Waals surface area contributed by atoms with Crippen LogP contribution in [0.5, 0.6) is 0 Å². The van der Waals surface area contributed by atoms with E-state index in [1.807, 2.05) is 0 Å². The Morgan fingerprint density at radius 2 is 2.16 bits per heavy atom. The largest absolute Gasteiger partial charge is 0.375 e. The van der Waals surface area contributed by atoms with Gasteiger partial charge in [0.05, 0.1) is 5.60 Å². The fourth-order valence-corrected chi connectivity index (χ4v) is 5.46. The number of likely N-dealkylation sites (tertiary alicyclic amines) is 1. The topological polar surface area (TPSA) is 38.5 Å². The Balaban J connectivity index is 1.64. The molecule has 110 valence electrons. The molecule has 19 heavy (non-hydrogen) atoms. The lowest BCUT2D eigenvalue weighted by Crippen LogP contribution is -2.51. The van der Waals surface area contributed by atoms with Gasteiger partial charge in [0.25, 0.3) is 0 Å². The van der Waals surface area contributed by atoms with Crippen molar-refractivity contribution in [1.29, 1.82) is 0 Å². The molecule has 3 saturated heterocycles. The number of thioether (sulfide) groups is 1. The molecule has 0 amide bonds. The average molecular weight is 284 g/mol. The van der Waals surface area contributed by atoms with Crippen molar-refractivity contribution < 1.29 is 4.74 Å². The van der Waals surface area contributed by atoms with Crippen LogP contribution in [-0.4, -0.2) is 53.8 Å². The second-order valence-electron chi connectivity index (χ2n) is 6.67. The van der Waals surface area contributed by atoms with Crippen molar-refractivity contribution in [2.75, 3.05) is 31.2 Å². The monoisotopic (exact) mass is 284 g/mol. The minimum atomic E-state index is 0.217. The first-order valence-electron chi connectivity index (χ1n) is 7.90. The number of nitrogens with zero attached hydrogens (tertiary/aromatic N) is 1. The zero-order valence-corrected chi connectivity index (χ0v) is 13.0. The van der Waals surface area contributed by atoms with Crippen LogP contribution in [0.25, 0.3) is 0 Å². The van der Waals surface area contributed by atoms with Crippen LogP contribution in [0.4, 0.5) is 0 Å². The molecular formula is C15H28N2OS. The van der Waals surface area contributed by atoms with Crippen LogP contribution in [0.2, 0.25) is 0 Å². The standard InChI is InChI=1S/C15H28N2OS/c1-12-8-13(10-16)11-17(12)14-2-5-18-15(9-14)3-6-19-7-4-15/h12-14H,2-11,16H2,1H3. The van der Waals surface area contributed by atoms with Crippen LogP contribution < -0.4 is 5.73 Å². The van der Waals surface area contributed by atoms with Crippen molar-refractivity contribution in [2.45, 2.75) is 56.7 Å². The fraction of sp³-hybridized carbons (Fsp3) is 1.00. The maximum atomic E-state index is 6.22. The maximum absolute atomic E-state index is 6.22. The van der Waals surface area contributed by atoms with Crippen LogP contribution in [0, 0.1) is 5.92 Å². The molecule has 0 radical (unpaired) electrons. The SMILES string of the molecule is CC1CC(CN)CN1C1CCOC2(CCSCC2)C1.